The van der Waals surface area contributed by atoms with E-state index in [-0.39, 0.29) is 43.2 Å². The number of rotatable bonds is 5. The van der Waals surface area contributed by atoms with Gasteiger partial charge in [0, 0.05) is 49.7 Å². The van der Waals surface area contributed by atoms with E-state index in [1.54, 1.807) is 11.1 Å². The molecule has 9 nitrogen and oxygen atoms in total. The summed E-state index contributed by atoms with van der Waals surface area (Å²) >= 11 is 0. The van der Waals surface area contributed by atoms with E-state index in [0.717, 1.165) is 26.9 Å². The van der Waals surface area contributed by atoms with Crippen LogP contribution in [-0.2, 0) is 24.1 Å². The van der Waals surface area contributed by atoms with Crippen LogP contribution >= 0.6 is 0 Å². The van der Waals surface area contributed by atoms with Crippen molar-refractivity contribution in [1.29, 1.82) is 5.26 Å². The predicted molar refractivity (Wildman–Crippen MR) is 135 cm³/mol. The molecule has 1 amide bonds. The van der Waals surface area contributed by atoms with Gasteiger partial charge >= 0.3 is 6.18 Å². The first kappa shape index (κ1) is 25.4. The number of hydrogen-bond donors (Lipinski definition) is 0. The number of carbonyl (C=O) groups excluding carboxylic acids is 1. The van der Waals surface area contributed by atoms with Gasteiger partial charge in [-0.05, 0) is 43.2 Å². The molecule has 0 N–H and O–H groups in total. The predicted octanol–water partition coefficient (Wildman–Crippen LogP) is 4.01. The lowest BCUT2D eigenvalue weighted by Crippen LogP contribution is -2.49. The number of amides is 1. The first-order valence-corrected chi connectivity index (χ1v) is 13.2. The molecule has 6 rings (SSSR count). The van der Waals surface area contributed by atoms with Gasteiger partial charge in [0.1, 0.15) is 11.8 Å². The number of piperidine rings is 1. The van der Waals surface area contributed by atoms with Crippen LogP contribution in [0.1, 0.15) is 43.4 Å². The number of halogens is 3. The van der Waals surface area contributed by atoms with E-state index < -0.39 is 12.0 Å². The number of nitriles is 1. The van der Waals surface area contributed by atoms with E-state index in [9.17, 15) is 23.2 Å². The Bertz CT molecular complexity index is 1460. The Balaban J connectivity index is 1.17. The second-order valence-corrected chi connectivity index (χ2v) is 10.7. The molecule has 4 heterocycles. The molecule has 2 fully saturated rings. The molecule has 2 aliphatic heterocycles. The number of aromatic nitrogens is 4. The monoisotopic (exact) mass is 539 g/mol. The summed E-state index contributed by atoms with van der Waals surface area (Å²) < 4.78 is 46.5. The summed E-state index contributed by atoms with van der Waals surface area (Å²) in [5.74, 6) is 0.126. The lowest BCUT2D eigenvalue weighted by molar-refractivity contribution is -0.148. The molecule has 2 aromatic heterocycles. The molecule has 0 radical (unpaired) electrons. The van der Waals surface area contributed by atoms with Crippen molar-refractivity contribution in [3.05, 3.63) is 41.6 Å². The number of alkyl halides is 3. The molecule has 1 aliphatic carbocycles. The Hall–Kier alpha value is -3.88. The lowest BCUT2D eigenvalue weighted by atomic mass is 9.85. The van der Waals surface area contributed by atoms with E-state index in [0.29, 0.717) is 37.6 Å². The van der Waals surface area contributed by atoms with E-state index in [1.807, 2.05) is 25.1 Å². The zero-order valence-electron chi connectivity index (χ0n) is 21.5. The first-order valence-electron chi connectivity index (χ1n) is 13.2. The fourth-order valence-electron chi connectivity index (χ4n) is 5.68. The molecule has 1 saturated heterocycles. The van der Waals surface area contributed by atoms with Crippen LogP contribution in [0.4, 0.5) is 18.9 Å². The van der Waals surface area contributed by atoms with Crippen molar-refractivity contribution in [3.63, 3.8) is 0 Å². The molecule has 1 aromatic carbocycles. The van der Waals surface area contributed by atoms with E-state index in [2.05, 4.69) is 26.2 Å². The van der Waals surface area contributed by atoms with Gasteiger partial charge in [0.2, 0.25) is 11.7 Å². The number of hydrogen-bond acceptors (Lipinski definition) is 7. The minimum absolute atomic E-state index is 0.00751. The van der Waals surface area contributed by atoms with Crippen LogP contribution in [0, 0.1) is 29.1 Å². The molecule has 3 aromatic rings. The van der Waals surface area contributed by atoms with Gasteiger partial charge in [-0.25, -0.2) is 0 Å². The lowest BCUT2D eigenvalue weighted by Gasteiger charge is -2.40. The molecule has 0 bridgehead atoms. The van der Waals surface area contributed by atoms with Gasteiger partial charge < -0.3 is 19.1 Å². The highest BCUT2D eigenvalue weighted by Gasteiger charge is 2.41. The number of carbonyl (C=O) groups is 1. The molecule has 1 saturated carbocycles. The standard InChI is InChI=1S/C27H28F3N7O2/c1-16-13-35(24-18(11-31)12-32-22-10-19(4-5-21(22)24)39-15-17-2-3-17)7-6-20(16)25(38)36-8-9-37-23(14-36)33-34-26(37)27(28,29)30/h4-5,10,12,16-17,20H,2-3,6-9,13-15H2,1H3/t16-,20+/m1/s1. The fourth-order valence-corrected chi connectivity index (χ4v) is 5.68. The molecule has 12 heteroatoms. The first-order chi connectivity index (χ1) is 18.7. The molecule has 2 atom stereocenters. The summed E-state index contributed by atoms with van der Waals surface area (Å²) in [6, 6.07) is 8.03. The fraction of sp³-hybridized carbons (Fsp3) is 0.519. The van der Waals surface area contributed by atoms with Crippen LogP contribution in [0.3, 0.4) is 0 Å². The topological polar surface area (TPSA) is 100 Å². The Kier molecular flexibility index (Phi) is 6.32. The van der Waals surface area contributed by atoms with E-state index in [1.165, 1.54) is 12.8 Å². The zero-order valence-corrected chi connectivity index (χ0v) is 21.5. The SMILES string of the molecule is C[C@@H]1CN(c2c(C#N)cnc3cc(OCC4CC4)ccc23)CC[C@@H]1C(=O)N1CCn2c(nnc2C(F)(F)F)C1. The normalized spacial score (nSPS) is 21.5. The summed E-state index contributed by atoms with van der Waals surface area (Å²) in [4.78, 5) is 21.7. The number of anilines is 1. The maximum Gasteiger partial charge on any atom is 0.451 e. The average Bonchev–Trinajstić information content (AvgIpc) is 3.65. The van der Waals surface area contributed by atoms with Gasteiger partial charge in [0.15, 0.2) is 5.82 Å². The van der Waals surface area contributed by atoms with Crippen LogP contribution in [0.5, 0.6) is 5.75 Å². The van der Waals surface area contributed by atoms with Crippen LogP contribution in [0.2, 0.25) is 0 Å². The smallest absolute Gasteiger partial charge is 0.451 e. The van der Waals surface area contributed by atoms with Crippen LogP contribution in [0.25, 0.3) is 10.9 Å². The highest BCUT2D eigenvalue weighted by atomic mass is 19.4. The third-order valence-corrected chi connectivity index (χ3v) is 7.97. The second kappa shape index (κ2) is 9.70. The number of pyridine rings is 1. The van der Waals surface area contributed by atoms with Gasteiger partial charge in [-0.15, -0.1) is 10.2 Å². The number of ether oxygens (including phenoxy) is 1. The van der Waals surface area contributed by atoms with Crippen molar-refractivity contribution in [3.8, 4) is 11.8 Å². The van der Waals surface area contributed by atoms with Gasteiger partial charge in [-0.1, -0.05) is 6.92 Å². The van der Waals surface area contributed by atoms with Gasteiger partial charge in [0.25, 0.3) is 0 Å². The quantitative estimate of drug-likeness (QED) is 0.483. The van der Waals surface area contributed by atoms with Crippen molar-refractivity contribution in [2.24, 2.45) is 17.8 Å². The Labute approximate surface area is 223 Å². The van der Waals surface area contributed by atoms with Crippen LogP contribution in [0.15, 0.2) is 24.4 Å². The molecular weight excluding hydrogens is 511 g/mol. The van der Waals surface area contributed by atoms with Crippen LogP contribution in [-0.4, -0.2) is 56.8 Å². The summed E-state index contributed by atoms with van der Waals surface area (Å²) in [6.07, 6.45) is -0.0199. The molecule has 39 heavy (non-hydrogen) atoms. The van der Waals surface area contributed by atoms with Gasteiger partial charge in [0.05, 0.1) is 29.9 Å². The Morgan fingerprint density at radius 2 is 2.00 bits per heavy atom. The Morgan fingerprint density at radius 1 is 1.18 bits per heavy atom. The minimum Gasteiger partial charge on any atom is -0.493 e. The van der Waals surface area contributed by atoms with Gasteiger partial charge in [-0.2, -0.15) is 18.4 Å². The summed E-state index contributed by atoms with van der Waals surface area (Å²) in [6.45, 7) is 4.03. The van der Waals surface area contributed by atoms with Crippen molar-refractivity contribution < 1.29 is 22.7 Å². The summed E-state index contributed by atoms with van der Waals surface area (Å²) in [7, 11) is 0. The van der Waals surface area contributed by atoms with Crippen molar-refractivity contribution in [2.45, 2.75) is 45.5 Å². The third-order valence-electron chi connectivity index (χ3n) is 7.97. The van der Waals surface area contributed by atoms with Crippen molar-refractivity contribution >= 4 is 22.5 Å². The molecule has 0 spiro atoms. The number of benzene rings is 1. The van der Waals surface area contributed by atoms with Crippen molar-refractivity contribution in [1.82, 2.24) is 24.6 Å². The molecule has 0 unspecified atom stereocenters. The third kappa shape index (κ3) is 4.86. The average molecular weight is 540 g/mol. The summed E-state index contributed by atoms with van der Waals surface area (Å²) in [5, 5.41) is 17.7. The largest absolute Gasteiger partial charge is 0.493 e. The maximum absolute atomic E-state index is 13.5. The maximum atomic E-state index is 13.5. The van der Waals surface area contributed by atoms with Crippen molar-refractivity contribution in [2.75, 3.05) is 31.1 Å². The number of fused-ring (bicyclic) bond motifs is 2. The van der Waals surface area contributed by atoms with Crippen LogP contribution < -0.4 is 9.64 Å². The second-order valence-electron chi connectivity index (χ2n) is 10.7. The van der Waals surface area contributed by atoms with Gasteiger partial charge in [-0.3, -0.25) is 9.78 Å². The highest BCUT2D eigenvalue weighted by Crippen LogP contribution is 2.37. The number of nitrogens with zero attached hydrogens (tertiary/aromatic N) is 7. The molecule has 204 valence electrons. The summed E-state index contributed by atoms with van der Waals surface area (Å²) in [5.41, 5.74) is 2.03. The Morgan fingerprint density at radius 3 is 2.72 bits per heavy atom. The highest BCUT2D eigenvalue weighted by molar-refractivity contribution is 5.95. The molecule has 3 aliphatic rings. The molecular formula is C27H28F3N7O2. The van der Waals surface area contributed by atoms with E-state index >= 15 is 0 Å². The zero-order chi connectivity index (χ0) is 27.3. The minimum atomic E-state index is -4.58. The van der Waals surface area contributed by atoms with E-state index in [4.69, 9.17) is 4.74 Å².